The van der Waals surface area contributed by atoms with E-state index in [1.165, 1.54) is 0 Å². The molecule has 15 heavy (non-hydrogen) atoms. The van der Waals surface area contributed by atoms with Gasteiger partial charge >= 0.3 is 5.97 Å². The zero-order valence-corrected chi connectivity index (χ0v) is 9.92. The summed E-state index contributed by atoms with van der Waals surface area (Å²) in [4.78, 5) is 11.1. The summed E-state index contributed by atoms with van der Waals surface area (Å²) in [7, 11) is -3.89. The van der Waals surface area contributed by atoms with Crippen molar-refractivity contribution in [3.8, 4) is 0 Å². The van der Waals surface area contributed by atoms with E-state index in [0.717, 1.165) is 6.42 Å². The van der Waals surface area contributed by atoms with E-state index in [9.17, 15) is 13.2 Å². The Labute approximate surface area is 90.6 Å². The molecule has 0 amide bonds. The average molecular weight is 238 g/mol. The third-order valence-corrected chi connectivity index (χ3v) is 2.86. The Kier molecular flexibility index (Phi) is 6.51. The van der Waals surface area contributed by atoms with Gasteiger partial charge in [-0.25, -0.2) is 0 Å². The van der Waals surface area contributed by atoms with Crippen molar-refractivity contribution in [3.63, 3.8) is 0 Å². The first-order valence-corrected chi connectivity index (χ1v) is 6.59. The highest BCUT2D eigenvalue weighted by atomic mass is 32.2. The van der Waals surface area contributed by atoms with Gasteiger partial charge in [-0.1, -0.05) is 13.8 Å². The summed E-state index contributed by atoms with van der Waals surface area (Å²) in [6.07, 6.45) is 1.47. The van der Waals surface area contributed by atoms with E-state index in [1.807, 2.05) is 6.92 Å². The Balaban J connectivity index is 3.51. The highest BCUT2D eigenvalue weighted by molar-refractivity contribution is 7.85. The lowest BCUT2D eigenvalue weighted by Crippen LogP contribution is -2.15. The van der Waals surface area contributed by atoms with Crippen molar-refractivity contribution < 1.29 is 22.5 Å². The van der Waals surface area contributed by atoms with Crippen LogP contribution in [0.2, 0.25) is 0 Å². The lowest BCUT2D eigenvalue weighted by molar-refractivity contribution is -0.148. The van der Waals surface area contributed by atoms with Crippen LogP contribution in [-0.2, 0) is 19.6 Å². The molecule has 0 spiro atoms. The molecule has 5 nitrogen and oxygen atoms in total. The minimum atomic E-state index is -3.89. The number of rotatable bonds is 7. The van der Waals surface area contributed by atoms with Crippen molar-refractivity contribution in [2.45, 2.75) is 33.1 Å². The third-order valence-electron chi connectivity index (χ3n) is 2.06. The normalized spacial score (nSPS) is 13.5. The van der Waals surface area contributed by atoms with Gasteiger partial charge in [-0.3, -0.25) is 9.35 Å². The van der Waals surface area contributed by atoms with Crippen LogP contribution in [0, 0.1) is 5.92 Å². The number of hydrogen-bond donors (Lipinski definition) is 1. The lowest BCUT2D eigenvalue weighted by Gasteiger charge is -2.08. The summed E-state index contributed by atoms with van der Waals surface area (Å²) in [5.41, 5.74) is 0. The predicted octanol–water partition coefficient (Wildman–Crippen LogP) is 1.24. The lowest BCUT2D eigenvalue weighted by atomic mass is 10.1. The van der Waals surface area contributed by atoms with E-state index in [0.29, 0.717) is 12.8 Å². The summed E-state index contributed by atoms with van der Waals surface area (Å²) >= 11 is 0. The summed E-state index contributed by atoms with van der Waals surface area (Å²) in [5, 5.41) is 0. The molecule has 0 radical (unpaired) electrons. The molecule has 0 aliphatic heterocycles. The Morgan fingerprint density at radius 2 is 2.00 bits per heavy atom. The second kappa shape index (κ2) is 6.79. The van der Waals surface area contributed by atoms with E-state index < -0.39 is 10.1 Å². The minimum Gasteiger partial charge on any atom is -0.465 e. The number of esters is 1. The number of unbranched alkanes of at least 4 members (excludes halogenated alkanes) is 1. The fourth-order valence-electron chi connectivity index (χ4n) is 0.868. The minimum absolute atomic E-state index is 0.119. The van der Waals surface area contributed by atoms with E-state index in [-0.39, 0.29) is 24.2 Å². The molecular formula is C9H18O5S. The van der Waals surface area contributed by atoms with Crippen molar-refractivity contribution in [2.75, 3.05) is 12.4 Å². The predicted molar refractivity (Wildman–Crippen MR) is 56.1 cm³/mol. The zero-order valence-electron chi connectivity index (χ0n) is 9.10. The van der Waals surface area contributed by atoms with Gasteiger partial charge in [0.2, 0.25) is 0 Å². The molecule has 90 valence electrons. The molecule has 0 heterocycles. The van der Waals surface area contributed by atoms with Gasteiger partial charge in [-0.15, -0.1) is 0 Å². The SMILES string of the molecule is CCC(C)C(=O)OCCCCS(=O)(=O)O. The smallest absolute Gasteiger partial charge is 0.308 e. The molecular weight excluding hydrogens is 220 g/mol. The van der Waals surface area contributed by atoms with Crippen LogP contribution in [0.1, 0.15) is 33.1 Å². The summed E-state index contributed by atoms with van der Waals surface area (Å²) in [6, 6.07) is 0. The van der Waals surface area contributed by atoms with Gasteiger partial charge < -0.3 is 4.74 Å². The molecule has 0 saturated heterocycles. The maximum atomic E-state index is 11.1. The highest BCUT2D eigenvalue weighted by Crippen LogP contribution is 2.04. The first-order valence-electron chi connectivity index (χ1n) is 4.98. The molecule has 0 aliphatic rings. The Hall–Kier alpha value is -0.620. The van der Waals surface area contributed by atoms with Crippen LogP contribution in [0.25, 0.3) is 0 Å². The molecule has 0 aliphatic carbocycles. The van der Waals surface area contributed by atoms with Crippen LogP contribution in [-0.4, -0.2) is 31.3 Å². The maximum absolute atomic E-state index is 11.1. The Bertz CT molecular complexity index is 283. The second-order valence-corrected chi connectivity index (χ2v) is 5.04. The molecule has 0 fully saturated rings. The van der Waals surface area contributed by atoms with Gasteiger partial charge in [0.05, 0.1) is 18.3 Å². The molecule has 1 atom stereocenters. The van der Waals surface area contributed by atoms with E-state index in [4.69, 9.17) is 9.29 Å². The zero-order chi connectivity index (χ0) is 11.9. The largest absolute Gasteiger partial charge is 0.465 e. The molecule has 0 saturated carbocycles. The fourth-order valence-corrected chi connectivity index (χ4v) is 1.44. The van der Waals surface area contributed by atoms with Gasteiger partial charge in [-0.2, -0.15) is 8.42 Å². The topological polar surface area (TPSA) is 80.7 Å². The quantitative estimate of drug-likeness (QED) is 0.410. The average Bonchev–Trinajstić information content (AvgIpc) is 2.14. The van der Waals surface area contributed by atoms with Gasteiger partial charge in [-0.05, 0) is 19.3 Å². The van der Waals surface area contributed by atoms with Crippen LogP contribution in [0.3, 0.4) is 0 Å². The van der Waals surface area contributed by atoms with E-state index in [1.54, 1.807) is 6.92 Å². The molecule has 0 bridgehead atoms. The number of carbonyl (C=O) groups is 1. The van der Waals surface area contributed by atoms with Gasteiger partial charge in [0, 0.05) is 0 Å². The molecule has 1 unspecified atom stereocenters. The molecule has 6 heteroatoms. The number of carbonyl (C=O) groups excluding carboxylic acids is 1. The van der Waals surface area contributed by atoms with Crippen LogP contribution in [0.5, 0.6) is 0 Å². The van der Waals surface area contributed by atoms with Crippen molar-refractivity contribution in [3.05, 3.63) is 0 Å². The van der Waals surface area contributed by atoms with Crippen LogP contribution < -0.4 is 0 Å². The molecule has 0 aromatic heterocycles. The van der Waals surface area contributed by atoms with Gasteiger partial charge in [0.25, 0.3) is 10.1 Å². The number of hydrogen-bond acceptors (Lipinski definition) is 4. The highest BCUT2D eigenvalue weighted by Gasteiger charge is 2.11. The first-order chi connectivity index (χ1) is 6.87. The number of ether oxygens (including phenoxy) is 1. The second-order valence-electron chi connectivity index (χ2n) is 3.47. The van der Waals surface area contributed by atoms with Crippen LogP contribution in [0.4, 0.5) is 0 Å². The monoisotopic (exact) mass is 238 g/mol. The van der Waals surface area contributed by atoms with Crippen LogP contribution >= 0.6 is 0 Å². The summed E-state index contributed by atoms with van der Waals surface area (Å²) < 4.78 is 34.0. The molecule has 0 aromatic rings. The van der Waals surface area contributed by atoms with Crippen molar-refractivity contribution in [1.29, 1.82) is 0 Å². The van der Waals surface area contributed by atoms with Crippen LogP contribution in [0.15, 0.2) is 0 Å². The van der Waals surface area contributed by atoms with Crippen molar-refractivity contribution >= 4 is 16.1 Å². The maximum Gasteiger partial charge on any atom is 0.308 e. The van der Waals surface area contributed by atoms with Crippen molar-refractivity contribution in [2.24, 2.45) is 5.92 Å². The van der Waals surface area contributed by atoms with E-state index >= 15 is 0 Å². The standard InChI is InChI=1S/C9H18O5S/c1-3-8(2)9(10)14-6-4-5-7-15(11,12)13/h8H,3-7H2,1-2H3,(H,11,12,13). The summed E-state index contributed by atoms with van der Waals surface area (Å²) in [5.74, 6) is -0.663. The first kappa shape index (κ1) is 14.4. The summed E-state index contributed by atoms with van der Waals surface area (Å²) in [6.45, 7) is 3.88. The molecule has 0 rings (SSSR count). The Morgan fingerprint density at radius 1 is 1.40 bits per heavy atom. The van der Waals surface area contributed by atoms with Crippen molar-refractivity contribution in [1.82, 2.24) is 0 Å². The third kappa shape index (κ3) is 8.38. The fraction of sp³-hybridized carbons (Fsp3) is 0.889. The van der Waals surface area contributed by atoms with Gasteiger partial charge in [0.1, 0.15) is 0 Å². The van der Waals surface area contributed by atoms with E-state index in [2.05, 4.69) is 0 Å². The molecule has 0 aromatic carbocycles. The van der Waals surface area contributed by atoms with Gasteiger partial charge in [0.15, 0.2) is 0 Å². The molecule has 1 N–H and O–H groups in total. The Morgan fingerprint density at radius 3 is 2.47 bits per heavy atom.